The summed E-state index contributed by atoms with van der Waals surface area (Å²) in [5.41, 5.74) is 0.961. The second-order valence-corrected chi connectivity index (χ2v) is 14.2. The minimum atomic E-state index is -1.72. The molecule has 1 spiro atoms. The molecule has 0 aromatic carbocycles. The second kappa shape index (κ2) is 8.66. The number of aliphatic hydroxyl groups is 2. The van der Waals surface area contributed by atoms with E-state index in [0.717, 1.165) is 28.8 Å². The van der Waals surface area contributed by atoms with E-state index < -0.39 is 41.1 Å². The maximum absolute atomic E-state index is 13.9. The number of fused-ring (bicyclic) bond motifs is 5. The van der Waals surface area contributed by atoms with Crippen LogP contribution in [-0.2, 0) is 20.8 Å². The monoisotopic (exact) mass is 551 g/mol. The third-order valence-corrected chi connectivity index (χ3v) is 11.2. The Kier molecular flexibility index (Phi) is 6.06. The molecule has 40 heavy (non-hydrogen) atoms. The summed E-state index contributed by atoms with van der Waals surface area (Å²) in [7, 11) is 0. The van der Waals surface area contributed by atoms with E-state index in [2.05, 4.69) is 33.4 Å². The number of ether oxygens (including phenoxy) is 3. The summed E-state index contributed by atoms with van der Waals surface area (Å²) in [4.78, 5) is 13.9. The highest BCUT2D eigenvalue weighted by Gasteiger charge is 2.77. The fourth-order valence-corrected chi connectivity index (χ4v) is 9.24. The van der Waals surface area contributed by atoms with E-state index in [1.165, 1.54) is 0 Å². The van der Waals surface area contributed by atoms with Crippen molar-refractivity contribution >= 4 is 5.97 Å². The molecule has 0 amide bonds. The number of aryl methyl sites for hydroxylation is 1. The first kappa shape index (κ1) is 28.0. The van der Waals surface area contributed by atoms with Crippen molar-refractivity contribution in [3.05, 3.63) is 59.0 Å². The van der Waals surface area contributed by atoms with Gasteiger partial charge in [-0.05, 0) is 80.9 Å². The van der Waals surface area contributed by atoms with Crippen LogP contribution in [0.25, 0.3) is 0 Å². The molecule has 4 aliphatic carbocycles. The number of aromatic nitrogens is 1. The van der Waals surface area contributed by atoms with Gasteiger partial charge in [0.1, 0.15) is 11.7 Å². The molecular formula is C33H45NO6. The molecule has 1 saturated heterocycles. The van der Waals surface area contributed by atoms with Crippen molar-refractivity contribution in [3.63, 3.8) is 0 Å². The Hall–Kier alpha value is -2.19. The molecule has 7 nitrogen and oxygen atoms in total. The number of esters is 1. The summed E-state index contributed by atoms with van der Waals surface area (Å²) in [5, 5.41) is 25.6. The highest BCUT2D eigenvalue weighted by molar-refractivity contribution is 5.93. The largest absolute Gasteiger partial charge is 0.451 e. The first-order valence-electron chi connectivity index (χ1n) is 14.7. The third kappa shape index (κ3) is 3.47. The van der Waals surface area contributed by atoms with E-state index in [1.54, 1.807) is 6.08 Å². The van der Waals surface area contributed by atoms with Gasteiger partial charge in [0.2, 0.25) is 0 Å². The van der Waals surface area contributed by atoms with Gasteiger partial charge in [0.15, 0.2) is 11.9 Å². The number of carbonyl (C=O) groups excluding carboxylic acids is 1. The molecule has 2 bridgehead atoms. The minimum Gasteiger partial charge on any atom is -0.451 e. The van der Waals surface area contributed by atoms with Gasteiger partial charge in [-0.2, -0.15) is 0 Å². The molecule has 7 heteroatoms. The maximum atomic E-state index is 13.9. The Morgan fingerprint density at radius 3 is 2.62 bits per heavy atom. The van der Waals surface area contributed by atoms with Gasteiger partial charge in [0, 0.05) is 24.4 Å². The smallest absolute Gasteiger partial charge is 0.340 e. The molecule has 3 fully saturated rings. The van der Waals surface area contributed by atoms with Crippen molar-refractivity contribution in [1.82, 2.24) is 4.57 Å². The molecular weight excluding hydrogens is 506 g/mol. The van der Waals surface area contributed by atoms with Gasteiger partial charge in [-0.1, -0.05) is 39.0 Å². The summed E-state index contributed by atoms with van der Waals surface area (Å²) >= 11 is 0. The van der Waals surface area contributed by atoms with Crippen LogP contribution in [-0.4, -0.2) is 57.1 Å². The molecule has 2 saturated carbocycles. The van der Waals surface area contributed by atoms with Crippen LogP contribution in [0.2, 0.25) is 0 Å². The zero-order valence-corrected chi connectivity index (χ0v) is 25.2. The van der Waals surface area contributed by atoms with Crippen molar-refractivity contribution < 1.29 is 29.2 Å². The van der Waals surface area contributed by atoms with Crippen LogP contribution < -0.4 is 0 Å². The lowest BCUT2D eigenvalue weighted by molar-refractivity contribution is -0.312. The van der Waals surface area contributed by atoms with Crippen LogP contribution in [0.1, 0.15) is 69.6 Å². The fraction of sp³-hybridized carbons (Fsp3) is 0.667. The van der Waals surface area contributed by atoms with Gasteiger partial charge in [0.05, 0.1) is 23.7 Å². The molecule has 0 radical (unpaired) electrons. The number of aliphatic hydroxyl groups excluding tert-OH is 1. The first-order chi connectivity index (χ1) is 18.6. The van der Waals surface area contributed by atoms with E-state index in [0.29, 0.717) is 23.9 Å². The van der Waals surface area contributed by atoms with Crippen LogP contribution in [0, 0.1) is 48.3 Å². The van der Waals surface area contributed by atoms with Crippen LogP contribution in [0.4, 0.5) is 0 Å². The quantitative estimate of drug-likeness (QED) is 0.410. The summed E-state index contributed by atoms with van der Waals surface area (Å²) in [5.74, 6) is -0.959. The predicted octanol–water partition coefficient (Wildman–Crippen LogP) is 4.87. The first-order valence-corrected chi connectivity index (χ1v) is 14.7. The number of rotatable bonds is 4. The van der Waals surface area contributed by atoms with Crippen LogP contribution in [0.3, 0.4) is 0 Å². The number of allylic oxidation sites excluding steroid dienone is 1. The number of hydrogen-bond donors (Lipinski definition) is 2. The lowest BCUT2D eigenvalue weighted by atomic mass is 9.58. The van der Waals surface area contributed by atoms with Crippen molar-refractivity contribution in [2.75, 3.05) is 6.61 Å². The lowest BCUT2D eigenvalue weighted by Gasteiger charge is -2.55. The number of hydrogen-bond acceptors (Lipinski definition) is 6. The molecule has 1 unspecified atom stereocenters. The third-order valence-electron chi connectivity index (χ3n) is 11.2. The van der Waals surface area contributed by atoms with E-state index in [-0.39, 0.29) is 23.9 Å². The molecule has 2 heterocycles. The average Bonchev–Trinajstić information content (AvgIpc) is 3.20. The number of nitrogens with zero attached hydrogens (tertiary/aromatic N) is 1. The topological polar surface area (TPSA) is 90.2 Å². The van der Waals surface area contributed by atoms with Gasteiger partial charge < -0.3 is 29.0 Å². The Bertz CT molecular complexity index is 1330. The minimum absolute atomic E-state index is 0.0788. The molecule has 1 aromatic heterocycles. The van der Waals surface area contributed by atoms with E-state index in [9.17, 15) is 15.0 Å². The highest BCUT2D eigenvalue weighted by atomic mass is 16.7. The molecule has 1 aromatic rings. The molecule has 218 valence electrons. The lowest BCUT2D eigenvalue weighted by Crippen LogP contribution is -2.69. The Morgan fingerprint density at radius 1 is 1.25 bits per heavy atom. The Balaban J connectivity index is 1.49. The fourth-order valence-electron chi connectivity index (χ4n) is 9.24. The standard InChI is InChI=1S/C33H45NO6/c1-10-11-34-15-18(3)24(20(34)5)29(36)39-27-17(2)14-32-19(4)12-23-25(30(23,6)7)22(26(32)35)13-21-16-38-31(8,9)40-28(21)33(27,32)37/h10,13-15,19,22-23,25-28,35,37H,1,11-12,16H2,2-9H3/t19-,22+,23-,25+,26?,27+,28-,32+,33-/m1/s1. The Morgan fingerprint density at radius 2 is 1.95 bits per heavy atom. The van der Waals surface area contributed by atoms with Crippen molar-refractivity contribution in [3.8, 4) is 0 Å². The second-order valence-electron chi connectivity index (χ2n) is 14.2. The average molecular weight is 552 g/mol. The van der Waals surface area contributed by atoms with Crippen LogP contribution >= 0.6 is 0 Å². The zero-order valence-electron chi connectivity index (χ0n) is 25.2. The molecule has 5 aliphatic rings. The van der Waals surface area contributed by atoms with Crippen LogP contribution in [0.5, 0.6) is 0 Å². The number of carbonyl (C=O) groups is 1. The van der Waals surface area contributed by atoms with Gasteiger partial charge in [-0.25, -0.2) is 4.79 Å². The van der Waals surface area contributed by atoms with Crippen molar-refractivity contribution in [2.45, 2.75) is 98.1 Å². The zero-order chi connectivity index (χ0) is 29.2. The Labute approximate surface area is 237 Å². The molecule has 9 atom stereocenters. The summed E-state index contributed by atoms with van der Waals surface area (Å²) < 4.78 is 21.0. The van der Waals surface area contributed by atoms with Crippen molar-refractivity contribution in [1.29, 1.82) is 0 Å². The van der Waals surface area contributed by atoms with E-state index >= 15 is 0 Å². The van der Waals surface area contributed by atoms with Crippen LogP contribution in [0.15, 0.2) is 42.2 Å². The van der Waals surface area contributed by atoms with Gasteiger partial charge in [0.25, 0.3) is 0 Å². The summed E-state index contributed by atoms with van der Waals surface area (Å²) in [6.45, 7) is 20.8. The van der Waals surface area contributed by atoms with Crippen molar-refractivity contribution in [2.24, 2.45) is 34.5 Å². The summed E-state index contributed by atoms with van der Waals surface area (Å²) in [6.07, 6.45) is 6.06. The SMILES string of the molecule is C=CCn1cc(C)c(C(=O)O[C@H]2C(C)=C[C@]34C(O)[C@@H](C=C5COC(C)(C)O[C@H]5[C@]23O)[C@H]2[C@@H](C[C@H]4C)C2(C)C)c1C. The maximum Gasteiger partial charge on any atom is 0.340 e. The summed E-state index contributed by atoms with van der Waals surface area (Å²) in [6, 6.07) is 0. The predicted molar refractivity (Wildman–Crippen MR) is 151 cm³/mol. The molecule has 2 N–H and O–H groups in total. The van der Waals surface area contributed by atoms with E-state index in [4.69, 9.17) is 14.2 Å². The van der Waals surface area contributed by atoms with Gasteiger partial charge in [-0.15, -0.1) is 6.58 Å². The molecule has 6 rings (SSSR count). The van der Waals surface area contributed by atoms with E-state index in [1.807, 2.05) is 51.5 Å². The highest BCUT2D eigenvalue weighted by Crippen LogP contribution is 2.73. The van der Waals surface area contributed by atoms with Gasteiger partial charge in [-0.3, -0.25) is 0 Å². The van der Waals surface area contributed by atoms with Gasteiger partial charge >= 0.3 is 5.97 Å². The molecule has 1 aliphatic heterocycles. The normalized spacial score (nSPS) is 42.3.